The summed E-state index contributed by atoms with van der Waals surface area (Å²) in [5, 5.41) is 10.1. The molecule has 0 bridgehead atoms. The number of methoxy groups -OCH3 is 2. The lowest BCUT2D eigenvalue weighted by Crippen LogP contribution is -2.36. The standard InChI is InChI=1S/C22H27NO4/c1-26-19-10-7-16(8-11-19)6-9-17-14-18(24)15-20(27-2)21(17)22(25)23-12-4-3-5-13-23/h7-8,10-11,14-15,24H,3-6,9,12-13H2,1-2H3. The van der Waals surface area contributed by atoms with Crippen LogP contribution in [0, 0.1) is 0 Å². The first-order valence-electron chi connectivity index (χ1n) is 9.44. The molecule has 5 nitrogen and oxygen atoms in total. The number of hydrogen-bond donors (Lipinski definition) is 1. The number of likely N-dealkylation sites (tertiary alicyclic amines) is 1. The Labute approximate surface area is 160 Å². The smallest absolute Gasteiger partial charge is 0.257 e. The van der Waals surface area contributed by atoms with Gasteiger partial charge in [0.15, 0.2) is 0 Å². The summed E-state index contributed by atoms with van der Waals surface area (Å²) in [6, 6.07) is 11.1. The lowest BCUT2D eigenvalue weighted by molar-refractivity contribution is 0.0719. The molecule has 5 heteroatoms. The Morgan fingerprint density at radius 2 is 1.70 bits per heavy atom. The highest BCUT2D eigenvalue weighted by molar-refractivity contribution is 5.98. The summed E-state index contributed by atoms with van der Waals surface area (Å²) in [6.07, 6.45) is 4.64. The number of ether oxygens (including phenoxy) is 2. The molecule has 0 saturated carbocycles. The summed E-state index contributed by atoms with van der Waals surface area (Å²) in [4.78, 5) is 15.1. The van der Waals surface area contributed by atoms with Crippen molar-refractivity contribution in [3.8, 4) is 17.2 Å². The Balaban J connectivity index is 1.85. The molecule has 3 rings (SSSR count). The van der Waals surface area contributed by atoms with Crippen molar-refractivity contribution in [1.82, 2.24) is 4.90 Å². The van der Waals surface area contributed by atoms with Gasteiger partial charge in [-0.3, -0.25) is 4.79 Å². The van der Waals surface area contributed by atoms with Crippen LogP contribution in [-0.2, 0) is 12.8 Å². The number of amides is 1. The summed E-state index contributed by atoms with van der Waals surface area (Å²) in [7, 11) is 3.18. The molecule has 2 aromatic rings. The molecular weight excluding hydrogens is 342 g/mol. The van der Waals surface area contributed by atoms with E-state index >= 15 is 0 Å². The topological polar surface area (TPSA) is 59.0 Å². The fourth-order valence-corrected chi connectivity index (χ4v) is 3.58. The maximum Gasteiger partial charge on any atom is 0.257 e. The van der Waals surface area contributed by atoms with E-state index in [4.69, 9.17) is 9.47 Å². The molecule has 27 heavy (non-hydrogen) atoms. The molecule has 1 amide bonds. The van der Waals surface area contributed by atoms with Crippen LogP contribution in [0.2, 0.25) is 0 Å². The highest BCUT2D eigenvalue weighted by atomic mass is 16.5. The zero-order valence-electron chi connectivity index (χ0n) is 16.0. The Bertz CT molecular complexity index is 780. The van der Waals surface area contributed by atoms with Crippen molar-refractivity contribution < 1.29 is 19.4 Å². The summed E-state index contributed by atoms with van der Waals surface area (Å²) in [5.41, 5.74) is 2.54. The number of phenols is 1. The minimum atomic E-state index is -0.00344. The molecule has 0 aliphatic carbocycles. The summed E-state index contributed by atoms with van der Waals surface area (Å²) >= 11 is 0. The zero-order chi connectivity index (χ0) is 19.2. The molecule has 144 valence electrons. The van der Waals surface area contributed by atoms with Crippen molar-refractivity contribution in [3.63, 3.8) is 0 Å². The monoisotopic (exact) mass is 369 g/mol. The van der Waals surface area contributed by atoms with Crippen LogP contribution in [0.25, 0.3) is 0 Å². The van der Waals surface area contributed by atoms with Crippen molar-refractivity contribution in [1.29, 1.82) is 0 Å². The van der Waals surface area contributed by atoms with Gasteiger partial charge >= 0.3 is 0 Å². The predicted molar refractivity (Wildman–Crippen MR) is 105 cm³/mol. The molecule has 1 saturated heterocycles. The summed E-state index contributed by atoms with van der Waals surface area (Å²) in [5.74, 6) is 1.37. The lowest BCUT2D eigenvalue weighted by atomic mass is 9.97. The van der Waals surface area contributed by atoms with Gasteiger partial charge in [0.2, 0.25) is 0 Å². The third-order valence-corrected chi connectivity index (χ3v) is 5.09. The maximum absolute atomic E-state index is 13.2. The van der Waals surface area contributed by atoms with Crippen molar-refractivity contribution in [2.24, 2.45) is 0 Å². The normalized spacial score (nSPS) is 14.1. The van der Waals surface area contributed by atoms with Crippen LogP contribution in [0.4, 0.5) is 0 Å². The highest BCUT2D eigenvalue weighted by Crippen LogP contribution is 2.31. The van der Waals surface area contributed by atoms with Gasteiger partial charge in [-0.25, -0.2) is 0 Å². The molecule has 1 aliphatic heterocycles. The number of carbonyl (C=O) groups is 1. The Hall–Kier alpha value is -2.69. The fourth-order valence-electron chi connectivity index (χ4n) is 3.58. The summed E-state index contributed by atoms with van der Waals surface area (Å²) < 4.78 is 10.6. The van der Waals surface area contributed by atoms with Crippen LogP contribution in [0.5, 0.6) is 17.2 Å². The molecule has 0 atom stereocenters. The van der Waals surface area contributed by atoms with Crippen molar-refractivity contribution >= 4 is 5.91 Å². The number of benzene rings is 2. The number of hydrogen-bond acceptors (Lipinski definition) is 4. The van der Waals surface area contributed by atoms with Gasteiger partial charge in [0.25, 0.3) is 5.91 Å². The Morgan fingerprint density at radius 3 is 2.33 bits per heavy atom. The average Bonchev–Trinajstić information content (AvgIpc) is 2.72. The van der Waals surface area contributed by atoms with E-state index in [1.165, 1.54) is 19.6 Å². The van der Waals surface area contributed by atoms with Crippen LogP contribution in [0.1, 0.15) is 40.7 Å². The number of carbonyl (C=O) groups excluding carboxylic acids is 1. The number of rotatable bonds is 6. The first-order valence-corrected chi connectivity index (χ1v) is 9.44. The maximum atomic E-state index is 13.2. The first-order chi connectivity index (χ1) is 13.1. The first kappa shape index (κ1) is 19.1. The molecule has 0 spiro atoms. The van der Waals surface area contributed by atoms with Crippen molar-refractivity contribution in [2.45, 2.75) is 32.1 Å². The van der Waals surface area contributed by atoms with E-state index in [2.05, 4.69) is 0 Å². The molecule has 0 unspecified atom stereocenters. The van der Waals surface area contributed by atoms with Crippen LogP contribution < -0.4 is 9.47 Å². The van der Waals surface area contributed by atoms with Gasteiger partial charge in [-0.2, -0.15) is 0 Å². The molecule has 1 aliphatic rings. The van der Waals surface area contributed by atoms with E-state index < -0.39 is 0 Å². The van der Waals surface area contributed by atoms with Gasteiger partial charge in [0, 0.05) is 19.2 Å². The van der Waals surface area contributed by atoms with Crippen LogP contribution >= 0.6 is 0 Å². The second-order valence-corrected chi connectivity index (χ2v) is 6.88. The van der Waals surface area contributed by atoms with E-state index in [-0.39, 0.29) is 11.7 Å². The van der Waals surface area contributed by atoms with Crippen molar-refractivity contribution in [2.75, 3.05) is 27.3 Å². The minimum Gasteiger partial charge on any atom is -0.508 e. The van der Waals surface area contributed by atoms with E-state index in [1.54, 1.807) is 13.2 Å². The van der Waals surface area contributed by atoms with Gasteiger partial charge in [0.1, 0.15) is 17.2 Å². The number of piperidine rings is 1. The molecule has 0 radical (unpaired) electrons. The van der Waals surface area contributed by atoms with E-state index in [1.807, 2.05) is 29.2 Å². The summed E-state index contributed by atoms with van der Waals surface area (Å²) in [6.45, 7) is 1.56. The minimum absolute atomic E-state index is 0.00344. The predicted octanol–water partition coefficient (Wildman–Crippen LogP) is 3.82. The van der Waals surface area contributed by atoms with Gasteiger partial charge in [-0.1, -0.05) is 12.1 Å². The number of aromatic hydroxyl groups is 1. The third kappa shape index (κ3) is 4.54. The van der Waals surface area contributed by atoms with Gasteiger partial charge < -0.3 is 19.5 Å². The van der Waals surface area contributed by atoms with E-state index in [0.29, 0.717) is 17.7 Å². The van der Waals surface area contributed by atoms with Gasteiger partial charge in [0.05, 0.1) is 19.8 Å². The Kier molecular flexibility index (Phi) is 6.22. The second kappa shape index (κ2) is 8.80. The average molecular weight is 369 g/mol. The van der Waals surface area contributed by atoms with Crippen LogP contribution in [0.3, 0.4) is 0 Å². The molecule has 1 N–H and O–H groups in total. The third-order valence-electron chi connectivity index (χ3n) is 5.09. The zero-order valence-corrected chi connectivity index (χ0v) is 16.0. The molecule has 1 fully saturated rings. The SMILES string of the molecule is COc1ccc(CCc2cc(O)cc(OC)c2C(=O)N2CCCCC2)cc1. The van der Waals surface area contributed by atoms with E-state index in [9.17, 15) is 9.90 Å². The largest absolute Gasteiger partial charge is 0.508 e. The van der Waals surface area contributed by atoms with Crippen molar-refractivity contribution in [3.05, 3.63) is 53.1 Å². The van der Waals surface area contributed by atoms with Gasteiger partial charge in [-0.15, -0.1) is 0 Å². The highest BCUT2D eigenvalue weighted by Gasteiger charge is 2.25. The molecule has 2 aromatic carbocycles. The van der Waals surface area contributed by atoms with Crippen LogP contribution in [-0.4, -0.2) is 43.2 Å². The van der Waals surface area contributed by atoms with Gasteiger partial charge in [-0.05, 0) is 61.4 Å². The second-order valence-electron chi connectivity index (χ2n) is 6.88. The molecule has 1 heterocycles. The fraction of sp³-hybridized carbons (Fsp3) is 0.409. The number of phenolic OH excluding ortho intramolecular Hbond substituents is 1. The number of nitrogens with zero attached hydrogens (tertiary/aromatic N) is 1. The lowest BCUT2D eigenvalue weighted by Gasteiger charge is -2.28. The number of aryl methyl sites for hydroxylation is 2. The Morgan fingerprint density at radius 1 is 1.00 bits per heavy atom. The molecular formula is C22H27NO4. The molecule has 0 aromatic heterocycles. The quantitative estimate of drug-likeness (QED) is 0.841. The van der Waals surface area contributed by atoms with Crippen LogP contribution in [0.15, 0.2) is 36.4 Å². The van der Waals surface area contributed by atoms with E-state index in [0.717, 1.165) is 49.2 Å².